The van der Waals surface area contributed by atoms with Gasteiger partial charge in [0.05, 0.1) is 0 Å². The lowest BCUT2D eigenvalue weighted by molar-refractivity contribution is -0.192. The van der Waals surface area contributed by atoms with Gasteiger partial charge in [-0.05, 0) is 24.3 Å². The number of rotatable bonds is 2. The molecular formula is C15H19F3N4O. The van der Waals surface area contributed by atoms with Crippen molar-refractivity contribution in [3.8, 4) is 0 Å². The van der Waals surface area contributed by atoms with Crippen molar-refractivity contribution in [3.63, 3.8) is 0 Å². The molecule has 3 rings (SSSR count). The molecule has 2 N–H and O–H groups in total. The summed E-state index contributed by atoms with van der Waals surface area (Å²) >= 11 is 0. The predicted molar refractivity (Wildman–Crippen MR) is 81.1 cm³/mol. The Balaban J connectivity index is 1.47. The molecule has 1 amide bonds. The molecule has 0 saturated carbocycles. The average molecular weight is 328 g/mol. The Morgan fingerprint density at radius 3 is 2.13 bits per heavy atom. The summed E-state index contributed by atoms with van der Waals surface area (Å²) in [6.45, 7) is 3.52. The van der Waals surface area contributed by atoms with Gasteiger partial charge >= 0.3 is 12.1 Å². The Kier molecular flexibility index (Phi) is 4.09. The summed E-state index contributed by atoms with van der Waals surface area (Å²) in [4.78, 5) is 16.4. The summed E-state index contributed by atoms with van der Waals surface area (Å²) in [5.41, 5.74) is 7.49. The maximum Gasteiger partial charge on any atom is 0.471 e. The van der Waals surface area contributed by atoms with Crippen LogP contribution in [-0.2, 0) is 4.79 Å². The Morgan fingerprint density at radius 2 is 1.61 bits per heavy atom. The van der Waals surface area contributed by atoms with E-state index >= 15 is 0 Å². The van der Waals surface area contributed by atoms with Crippen LogP contribution in [0.1, 0.15) is 0 Å². The second-order valence-electron chi connectivity index (χ2n) is 5.98. The Bertz CT molecular complexity index is 561. The number of piperazine rings is 1. The number of amides is 1. The van der Waals surface area contributed by atoms with Crippen molar-refractivity contribution >= 4 is 17.3 Å². The van der Waals surface area contributed by atoms with Crippen molar-refractivity contribution < 1.29 is 18.0 Å². The van der Waals surface area contributed by atoms with Crippen LogP contribution in [0, 0.1) is 0 Å². The molecule has 8 heteroatoms. The molecule has 126 valence electrons. The number of hydrogen-bond acceptors (Lipinski definition) is 4. The number of nitrogens with zero attached hydrogens (tertiary/aromatic N) is 3. The van der Waals surface area contributed by atoms with Crippen LogP contribution in [0.5, 0.6) is 0 Å². The monoisotopic (exact) mass is 328 g/mol. The molecule has 0 bridgehead atoms. The number of carbonyl (C=O) groups is 1. The Hall–Kier alpha value is -1.96. The minimum absolute atomic E-state index is 0.0369. The van der Waals surface area contributed by atoms with Gasteiger partial charge in [0, 0.05) is 56.7 Å². The highest BCUT2D eigenvalue weighted by Crippen LogP contribution is 2.25. The van der Waals surface area contributed by atoms with E-state index in [1.54, 1.807) is 0 Å². The molecule has 0 unspecified atom stereocenters. The third-order valence-electron chi connectivity index (χ3n) is 4.48. The molecular weight excluding hydrogens is 309 g/mol. The van der Waals surface area contributed by atoms with Gasteiger partial charge in [0.15, 0.2) is 0 Å². The first-order valence-corrected chi connectivity index (χ1v) is 7.55. The molecule has 2 fully saturated rings. The molecule has 2 heterocycles. The molecule has 23 heavy (non-hydrogen) atoms. The van der Waals surface area contributed by atoms with Crippen molar-refractivity contribution in [2.75, 3.05) is 49.9 Å². The van der Waals surface area contributed by atoms with Gasteiger partial charge in [0.25, 0.3) is 0 Å². The van der Waals surface area contributed by atoms with E-state index in [0.29, 0.717) is 0 Å². The third-order valence-corrected chi connectivity index (χ3v) is 4.48. The van der Waals surface area contributed by atoms with Crippen LogP contribution in [0.2, 0.25) is 0 Å². The van der Waals surface area contributed by atoms with E-state index in [1.807, 2.05) is 24.3 Å². The summed E-state index contributed by atoms with van der Waals surface area (Å²) in [6.07, 6.45) is -4.77. The zero-order valence-electron chi connectivity index (χ0n) is 12.6. The van der Waals surface area contributed by atoms with Gasteiger partial charge in [-0.2, -0.15) is 13.2 Å². The standard InChI is InChI=1S/C15H19F3N4O/c16-15(17,18)14(23)22-9-13(10-22)21-7-5-20(6-8-21)12-3-1-11(19)2-4-12/h1-4,13H,5-10,19H2. The second kappa shape index (κ2) is 5.92. The van der Waals surface area contributed by atoms with Crippen LogP contribution < -0.4 is 10.6 Å². The number of anilines is 2. The predicted octanol–water partition coefficient (Wildman–Crippen LogP) is 1.16. The van der Waals surface area contributed by atoms with Crippen molar-refractivity contribution in [1.82, 2.24) is 9.80 Å². The number of nitrogen functional groups attached to an aromatic ring is 1. The number of hydrogen-bond donors (Lipinski definition) is 1. The SMILES string of the molecule is Nc1ccc(N2CCN(C3CN(C(=O)C(F)(F)F)C3)CC2)cc1. The van der Waals surface area contributed by atoms with E-state index in [9.17, 15) is 18.0 Å². The van der Waals surface area contributed by atoms with Gasteiger partial charge in [-0.15, -0.1) is 0 Å². The minimum Gasteiger partial charge on any atom is -0.399 e. The lowest BCUT2D eigenvalue weighted by atomic mass is 10.1. The van der Waals surface area contributed by atoms with E-state index in [-0.39, 0.29) is 19.1 Å². The van der Waals surface area contributed by atoms with Crippen molar-refractivity contribution in [2.24, 2.45) is 0 Å². The summed E-state index contributed by atoms with van der Waals surface area (Å²) in [5, 5.41) is 0. The molecule has 0 aromatic heterocycles. The number of halogens is 3. The number of likely N-dealkylation sites (tertiary alicyclic amines) is 1. The summed E-state index contributed by atoms with van der Waals surface area (Å²) < 4.78 is 37.0. The molecule has 1 aromatic carbocycles. The lowest BCUT2D eigenvalue weighted by Gasteiger charge is -2.48. The third kappa shape index (κ3) is 3.36. The van der Waals surface area contributed by atoms with E-state index in [0.717, 1.165) is 42.5 Å². The van der Waals surface area contributed by atoms with Gasteiger partial charge < -0.3 is 15.5 Å². The fourth-order valence-corrected chi connectivity index (χ4v) is 3.06. The largest absolute Gasteiger partial charge is 0.471 e. The topological polar surface area (TPSA) is 52.8 Å². The molecule has 2 aliphatic rings. The van der Waals surface area contributed by atoms with E-state index < -0.39 is 12.1 Å². The highest BCUT2D eigenvalue weighted by molar-refractivity contribution is 5.82. The second-order valence-corrected chi connectivity index (χ2v) is 5.98. The number of nitrogens with two attached hydrogens (primary N) is 1. The quantitative estimate of drug-likeness (QED) is 0.828. The highest BCUT2D eigenvalue weighted by Gasteiger charge is 2.47. The summed E-state index contributed by atoms with van der Waals surface area (Å²) in [6, 6.07) is 7.69. The van der Waals surface area contributed by atoms with Gasteiger partial charge in [0.2, 0.25) is 0 Å². The van der Waals surface area contributed by atoms with Crippen LogP contribution in [0.15, 0.2) is 24.3 Å². The molecule has 0 aliphatic carbocycles. The molecule has 2 aliphatic heterocycles. The average Bonchev–Trinajstić information content (AvgIpc) is 2.46. The van der Waals surface area contributed by atoms with Gasteiger partial charge in [-0.1, -0.05) is 0 Å². The van der Waals surface area contributed by atoms with Crippen molar-refractivity contribution in [1.29, 1.82) is 0 Å². The molecule has 5 nitrogen and oxygen atoms in total. The lowest BCUT2D eigenvalue weighted by Crippen LogP contribution is -2.65. The van der Waals surface area contributed by atoms with Crippen molar-refractivity contribution in [3.05, 3.63) is 24.3 Å². The Morgan fingerprint density at radius 1 is 1.04 bits per heavy atom. The van der Waals surface area contributed by atoms with Gasteiger partial charge in [-0.25, -0.2) is 0 Å². The summed E-state index contributed by atoms with van der Waals surface area (Å²) in [7, 11) is 0. The van der Waals surface area contributed by atoms with E-state index in [2.05, 4.69) is 9.80 Å². The molecule has 1 aromatic rings. The molecule has 0 radical (unpaired) electrons. The zero-order chi connectivity index (χ0) is 16.6. The first kappa shape index (κ1) is 15.9. The summed E-state index contributed by atoms with van der Waals surface area (Å²) in [5.74, 6) is -1.73. The first-order chi connectivity index (χ1) is 10.8. The van der Waals surface area contributed by atoms with Crippen LogP contribution in [0.25, 0.3) is 0 Å². The van der Waals surface area contributed by atoms with E-state index in [1.165, 1.54) is 0 Å². The fourth-order valence-electron chi connectivity index (χ4n) is 3.06. The number of carbonyl (C=O) groups excluding carboxylic acids is 1. The van der Waals surface area contributed by atoms with Crippen LogP contribution in [-0.4, -0.2) is 67.2 Å². The normalized spacial score (nSPS) is 20.5. The number of alkyl halides is 3. The van der Waals surface area contributed by atoms with E-state index in [4.69, 9.17) is 5.73 Å². The van der Waals surface area contributed by atoms with Crippen LogP contribution >= 0.6 is 0 Å². The van der Waals surface area contributed by atoms with Crippen molar-refractivity contribution in [2.45, 2.75) is 12.2 Å². The van der Waals surface area contributed by atoms with Crippen LogP contribution in [0.4, 0.5) is 24.5 Å². The molecule has 0 spiro atoms. The Labute approximate surface area is 132 Å². The van der Waals surface area contributed by atoms with Gasteiger partial charge in [0.1, 0.15) is 0 Å². The molecule has 2 saturated heterocycles. The maximum absolute atomic E-state index is 12.3. The molecule has 0 atom stereocenters. The van der Waals surface area contributed by atoms with Crippen LogP contribution in [0.3, 0.4) is 0 Å². The highest BCUT2D eigenvalue weighted by atomic mass is 19.4. The van der Waals surface area contributed by atoms with Gasteiger partial charge in [-0.3, -0.25) is 9.69 Å². The minimum atomic E-state index is -4.77. The number of benzene rings is 1. The first-order valence-electron chi connectivity index (χ1n) is 7.55. The smallest absolute Gasteiger partial charge is 0.399 e. The zero-order valence-corrected chi connectivity index (χ0v) is 12.6. The fraction of sp³-hybridized carbons (Fsp3) is 0.533. The maximum atomic E-state index is 12.3.